The number of benzene rings is 1. The molecule has 1 aliphatic carbocycles. The van der Waals surface area contributed by atoms with Crippen LogP contribution in [-0.2, 0) is 6.54 Å². The van der Waals surface area contributed by atoms with Crippen molar-refractivity contribution in [3.8, 4) is 11.6 Å². The zero-order valence-electron chi connectivity index (χ0n) is 14.5. The minimum Gasteiger partial charge on any atom is -0.477 e. The molecule has 1 amide bonds. The molecule has 1 N–H and O–H groups in total. The van der Waals surface area contributed by atoms with Crippen LogP contribution in [0.2, 0.25) is 5.02 Å². The summed E-state index contributed by atoms with van der Waals surface area (Å²) in [5.41, 5.74) is 1.36. The van der Waals surface area contributed by atoms with E-state index in [1.807, 2.05) is 12.1 Å². The summed E-state index contributed by atoms with van der Waals surface area (Å²) in [6, 6.07) is 10.6. The molecule has 1 saturated carbocycles. The molecule has 3 aromatic rings. The van der Waals surface area contributed by atoms with E-state index in [4.69, 9.17) is 16.3 Å². The summed E-state index contributed by atoms with van der Waals surface area (Å²) >= 11 is 5.93. The molecule has 0 saturated heterocycles. The topological polar surface area (TPSA) is 81.9 Å². The summed E-state index contributed by atoms with van der Waals surface area (Å²) in [5.74, 6) is 1.49. The van der Waals surface area contributed by atoms with Crippen LogP contribution in [0.3, 0.4) is 0 Å². The summed E-state index contributed by atoms with van der Waals surface area (Å²) in [7, 11) is 0. The quantitative estimate of drug-likeness (QED) is 0.678. The van der Waals surface area contributed by atoms with Crippen LogP contribution in [0.15, 0.2) is 48.9 Å². The van der Waals surface area contributed by atoms with E-state index >= 15 is 0 Å². The number of ether oxygens (including phenoxy) is 1. The Morgan fingerprint density at radius 2 is 2.07 bits per heavy atom. The van der Waals surface area contributed by atoms with Crippen molar-refractivity contribution in [2.75, 3.05) is 6.61 Å². The van der Waals surface area contributed by atoms with Crippen molar-refractivity contribution in [3.63, 3.8) is 0 Å². The van der Waals surface area contributed by atoms with Gasteiger partial charge in [-0.25, -0.2) is 4.98 Å². The van der Waals surface area contributed by atoms with E-state index in [1.165, 1.54) is 12.8 Å². The van der Waals surface area contributed by atoms with Gasteiger partial charge in [0.15, 0.2) is 5.82 Å². The minimum absolute atomic E-state index is 0.223. The van der Waals surface area contributed by atoms with Crippen LogP contribution in [0.25, 0.3) is 5.69 Å². The van der Waals surface area contributed by atoms with Crippen LogP contribution in [0.4, 0.5) is 0 Å². The number of nitrogens with one attached hydrogen (secondary N) is 1. The predicted molar refractivity (Wildman–Crippen MR) is 100.0 cm³/mol. The number of aromatic nitrogens is 4. The van der Waals surface area contributed by atoms with Crippen LogP contribution in [0.1, 0.15) is 29.0 Å². The van der Waals surface area contributed by atoms with Crippen molar-refractivity contribution in [2.24, 2.45) is 5.92 Å². The molecule has 0 atom stereocenters. The van der Waals surface area contributed by atoms with Crippen LogP contribution >= 0.6 is 11.6 Å². The van der Waals surface area contributed by atoms with Gasteiger partial charge in [-0.2, -0.15) is 0 Å². The van der Waals surface area contributed by atoms with Gasteiger partial charge in [-0.3, -0.25) is 9.36 Å². The highest BCUT2D eigenvalue weighted by atomic mass is 35.5. The van der Waals surface area contributed by atoms with Gasteiger partial charge in [-0.05, 0) is 49.1 Å². The largest absolute Gasteiger partial charge is 0.477 e. The van der Waals surface area contributed by atoms with E-state index in [1.54, 1.807) is 41.4 Å². The van der Waals surface area contributed by atoms with Crippen LogP contribution < -0.4 is 10.1 Å². The maximum Gasteiger partial charge on any atom is 0.251 e. The summed E-state index contributed by atoms with van der Waals surface area (Å²) in [6.07, 6.45) is 5.58. The maximum absolute atomic E-state index is 12.5. The fourth-order valence-electron chi connectivity index (χ4n) is 2.58. The highest BCUT2D eigenvalue weighted by Crippen LogP contribution is 2.29. The van der Waals surface area contributed by atoms with Gasteiger partial charge in [0.1, 0.15) is 6.33 Å². The number of carbonyl (C=O) groups is 1. The molecule has 7 nitrogen and oxygen atoms in total. The van der Waals surface area contributed by atoms with Crippen LogP contribution in [0.5, 0.6) is 5.88 Å². The van der Waals surface area contributed by atoms with E-state index in [9.17, 15) is 4.79 Å². The number of amides is 1. The number of hydrogen-bond donors (Lipinski definition) is 1. The smallest absolute Gasteiger partial charge is 0.251 e. The lowest BCUT2D eigenvalue weighted by Gasteiger charge is -2.09. The molecular formula is C19H18ClN5O2. The van der Waals surface area contributed by atoms with Crippen molar-refractivity contribution in [2.45, 2.75) is 19.4 Å². The molecule has 4 rings (SSSR count). The minimum atomic E-state index is -0.223. The van der Waals surface area contributed by atoms with Crippen molar-refractivity contribution in [1.29, 1.82) is 0 Å². The van der Waals surface area contributed by atoms with Crippen molar-refractivity contribution in [3.05, 3.63) is 65.3 Å². The second-order valence-electron chi connectivity index (χ2n) is 6.41. The summed E-state index contributed by atoms with van der Waals surface area (Å²) in [4.78, 5) is 16.6. The van der Waals surface area contributed by atoms with E-state index in [-0.39, 0.29) is 12.5 Å². The third-order valence-corrected chi connectivity index (χ3v) is 4.54. The second kappa shape index (κ2) is 7.75. The Kier molecular flexibility index (Phi) is 5.02. The Hall–Kier alpha value is -2.93. The molecule has 0 aliphatic heterocycles. The monoisotopic (exact) mass is 383 g/mol. The predicted octanol–water partition coefficient (Wildman–Crippen LogP) is 3.03. The highest BCUT2D eigenvalue weighted by Gasteiger charge is 2.22. The lowest BCUT2D eigenvalue weighted by molar-refractivity contribution is 0.0949. The molecule has 1 aromatic carbocycles. The third kappa shape index (κ3) is 4.43. The van der Waals surface area contributed by atoms with Gasteiger partial charge < -0.3 is 10.1 Å². The Bertz CT molecular complexity index is 937. The van der Waals surface area contributed by atoms with Gasteiger partial charge in [0, 0.05) is 28.5 Å². The summed E-state index contributed by atoms with van der Waals surface area (Å²) in [5, 5.41) is 11.5. The fourth-order valence-corrected chi connectivity index (χ4v) is 2.70. The summed E-state index contributed by atoms with van der Waals surface area (Å²) < 4.78 is 7.43. The Balaban J connectivity index is 1.40. The SMILES string of the molecule is O=C(NCc1nncn1-c1ccc(Cl)cc1)c1ccnc(OCC2CC2)c1. The first-order chi connectivity index (χ1) is 13.2. The molecule has 0 unspecified atom stereocenters. The van der Waals surface area contributed by atoms with E-state index < -0.39 is 0 Å². The number of nitrogens with zero attached hydrogens (tertiary/aromatic N) is 4. The first-order valence-electron chi connectivity index (χ1n) is 8.71. The lowest BCUT2D eigenvalue weighted by atomic mass is 10.2. The number of hydrogen-bond acceptors (Lipinski definition) is 5. The fraction of sp³-hybridized carbons (Fsp3) is 0.263. The van der Waals surface area contributed by atoms with Crippen LogP contribution in [-0.4, -0.2) is 32.3 Å². The summed E-state index contributed by atoms with van der Waals surface area (Å²) in [6.45, 7) is 0.893. The van der Waals surface area contributed by atoms with Gasteiger partial charge in [0.05, 0.1) is 13.2 Å². The van der Waals surface area contributed by atoms with Gasteiger partial charge in [-0.15, -0.1) is 10.2 Å². The average molecular weight is 384 g/mol. The normalized spacial score (nSPS) is 13.4. The number of halogens is 1. The van der Waals surface area contributed by atoms with Gasteiger partial charge in [0.2, 0.25) is 5.88 Å². The van der Waals surface area contributed by atoms with E-state index in [0.717, 1.165) is 5.69 Å². The number of carbonyl (C=O) groups excluding carboxylic acids is 1. The molecule has 1 fully saturated rings. The average Bonchev–Trinajstić information content (AvgIpc) is 3.41. The van der Waals surface area contributed by atoms with E-state index in [2.05, 4.69) is 20.5 Å². The molecule has 0 radical (unpaired) electrons. The first-order valence-corrected chi connectivity index (χ1v) is 9.09. The standard InChI is InChI=1S/C19H18ClN5O2/c20-15-3-5-16(6-4-15)25-12-23-24-17(25)10-22-19(26)14-7-8-21-18(9-14)27-11-13-1-2-13/h3-9,12-13H,1-2,10-11H2,(H,22,26). The molecule has 27 heavy (non-hydrogen) atoms. The van der Waals surface area contributed by atoms with E-state index in [0.29, 0.717) is 34.8 Å². The Morgan fingerprint density at radius 3 is 2.85 bits per heavy atom. The second-order valence-corrected chi connectivity index (χ2v) is 6.85. The number of rotatable bonds is 7. The Labute approximate surface area is 161 Å². The van der Waals surface area contributed by atoms with Gasteiger partial charge in [-0.1, -0.05) is 11.6 Å². The van der Waals surface area contributed by atoms with Crippen molar-refractivity contribution < 1.29 is 9.53 Å². The van der Waals surface area contributed by atoms with Gasteiger partial charge >= 0.3 is 0 Å². The molecular weight excluding hydrogens is 366 g/mol. The number of pyridine rings is 1. The van der Waals surface area contributed by atoms with Crippen molar-refractivity contribution >= 4 is 17.5 Å². The maximum atomic E-state index is 12.5. The molecule has 8 heteroatoms. The Morgan fingerprint density at radius 1 is 1.26 bits per heavy atom. The van der Waals surface area contributed by atoms with Crippen molar-refractivity contribution in [1.82, 2.24) is 25.1 Å². The third-order valence-electron chi connectivity index (χ3n) is 4.29. The zero-order chi connectivity index (χ0) is 18.6. The molecule has 1 aliphatic rings. The van der Waals surface area contributed by atoms with Crippen LogP contribution in [0, 0.1) is 5.92 Å². The molecule has 138 valence electrons. The first kappa shape index (κ1) is 17.5. The highest BCUT2D eigenvalue weighted by molar-refractivity contribution is 6.30. The van der Waals surface area contributed by atoms with Gasteiger partial charge in [0.25, 0.3) is 5.91 Å². The lowest BCUT2D eigenvalue weighted by Crippen LogP contribution is -2.24. The molecule has 2 aromatic heterocycles. The zero-order valence-corrected chi connectivity index (χ0v) is 15.3. The molecule has 0 bridgehead atoms. The molecule has 0 spiro atoms. The molecule has 2 heterocycles.